The Balaban J connectivity index is 1.52. The van der Waals surface area contributed by atoms with E-state index in [0.717, 1.165) is 20.9 Å². The minimum atomic E-state index is -1.09. The van der Waals surface area contributed by atoms with Gasteiger partial charge in [0, 0.05) is 17.7 Å². The van der Waals surface area contributed by atoms with E-state index in [1.54, 1.807) is 24.5 Å². The fraction of sp³-hybridized carbons (Fsp3) is 0.118. The highest BCUT2D eigenvalue weighted by Gasteiger charge is 2.49. The average molecular weight is 385 g/mol. The maximum atomic E-state index is 12.3. The lowest BCUT2D eigenvalue weighted by molar-refractivity contribution is -0.141. The van der Waals surface area contributed by atoms with Crippen LogP contribution < -0.4 is 4.74 Å². The quantitative estimate of drug-likeness (QED) is 0.551. The zero-order valence-corrected chi connectivity index (χ0v) is 15.0. The molecule has 1 fully saturated rings. The number of ether oxygens (including phenoxy) is 1. The molecule has 130 valence electrons. The zero-order chi connectivity index (χ0) is 18.0. The molecule has 9 heteroatoms. The summed E-state index contributed by atoms with van der Waals surface area (Å²) in [6, 6.07) is 5.85. The lowest BCUT2D eigenvalue weighted by Gasteiger charge is -2.36. The van der Waals surface area contributed by atoms with Crippen LogP contribution in [0.4, 0.5) is 0 Å². The molecule has 0 radical (unpaired) electrons. The van der Waals surface area contributed by atoms with E-state index in [9.17, 15) is 9.59 Å². The van der Waals surface area contributed by atoms with Crippen LogP contribution in [0.25, 0.3) is 21.3 Å². The molecule has 1 aromatic carbocycles. The van der Waals surface area contributed by atoms with Crippen LogP contribution in [0.2, 0.25) is 0 Å². The number of carbonyl (C=O) groups is 2. The topological polar surface area (TPSA) is 84.1 Å². The zero-order valence-electron chi connectivity index (χ0n) is 13.4. The third-order valence-corrected chi connectivity index (χ3v) is 6.49. The Bertz CT molecular complexity index is 1170. The van der Waals surface area contributed by atoms with E-state index in [-0.39, 0.29) is 17.0 Å². The number of rotatable bonds is 3. The average Bonchev–Trinajstić information content (AvgIpc) is 3.29. The number of imidazole rings is 1. The standard InChI is InChI=1S/C17H11N3O4S2/c1-24-9-2-3-13-11(5-9)19-6-8(18-17(19)26-13)4-10-14(21)20-12(16(22)23)7-25-15(10)20/h2-7,15H,1H3,(H,22,23)/t15-/m1/s1. The minimum absolute atomic E-state index is 0.0334. The maximum absolute atomic E-state index is 12.3. The summed E-state index contributed by atoms with van der Waals surface area (Å²) in [5.41, 5.74) is 2.27. The van der Waals surface area contributed by atoms with Gasteiger partial charge in [0.25, 0.3) is 5.91 Å². The van der Waals surface area contributed by atoms with Gasteiger partial charge in [-0.25, -0.2) is 9.78 Å². The van der Waals surface area contributed by atoms with Crippen LogP contribution >= 0.6 is 23.1 Å². The van der Waals surface area contributed by atoms with Gasteiger partial charge in [-0.05, 0) is 18.2 Å². The predicted molar refractivity (Wildman–Crippen MR) is 99.0 cm³/mol. The van der Waals surface area contributed by atoms with E-state index < -0.39 is 5.97 Å². The first-order valence-corrected chi connectivity index (χ1v) is 9.42. The van der Waals surface area contributed by atoms with Gasteiger partial charge in [-0.15, -0.1) is 11.8 Å². The largest absolute Gasteiger partial charge is 0.497 e. The number of fused-ring (bicyclic) bond motifs is 4. The summed E-state index contributed by atoms with van der Waals surface area (Å²) in [5.74, 6) is -0.600. The van der Waals surface area contributed by atoms with Crippen molar-refractivity contribution in [2.75, 3.05) is 7.11 Å². The fourth-order valence-corrected chi connectivity index (χ4v) is 5.23. The first-order chi connectivity index (χ1) is 12.6. The molecule has 4 heterocycles. The number of hydrogen-bond acceptors (Lipinski definition) is 6. The predicted octanol–water partition coefficient (Wildman–Crippen LogP) is 2.78. The van der Waals surface area contributed by atoms with Gasteiger partial charge in [0.2, 0.25) is 0 Å². The Morgan fingerprint density at radius 3 is 3.04 bits per heavy atom. The molecule has 1 atom stereocenters. The van der Waals surface area contributed by atoms with Gasteiger partial charge in [-0.2, -0.15) is 0 Å². The van der Waals surface area contributed by atoms with Crippen LogP contribution in [0.1, 0.15) is 5.69 Å². The lowest BCUT2D eigenvalue weighted by atomic mass is 10.0. The van der Waals surface area contributed by atoms with Gasteiger partial charge in [-0.1, -0.05) is 11.3 Å². The number of aliphatic carboxylic acids is 1. The van der Waals surface area contributed by atoms with Crippen LogP contribution in [0.15, 0.2) is 41.1 Å². The van der Waals surface area contributed by atoms with Crippen molar-refractivity contribution in [2.24, 2.45) is 0 Å². The molecule has 7 nitrogen and oxygen atoms in total. The Hall–Kier alpha value is -2.78. The molecule has 0 unspecified atom stereocenters. The van der Waals surface area contributed by atoms with Crippen molar-refractivity contribution in [3.63, 3.8) is 0 Å². The van der Waals surface area contributed by atoms with E-state index in [1.807, 2.05) is 28.8 Å². The van der Waals surface area contributed by atoms with Crippen molar-refractivity contribution in [3.8, 4) is 5.75 Å². The number of β-lactam (4-membered cyclic amide) rings is 1. The second-order valence-corrected chi connectivity index (χ2v) is 7.79. The Kier molecular flexibility index (Phi) is 3.19. The molecule has 26 heavy (non-hydrogen) atoms. The number of hydrogen-bond donors (Lipinski definition) is 1. The first kappa shape index (κ1) is 15.5. The van der Waals surface area contributed by atoms with Gasteiger partial charge >= 0.3 is 5.97 Å². The van der Waals surface area contributed by atoms with Crippen molar-refractivity contribution in [1.29, 1.82) is 0 Å². The summed E-state index contributed by atoms with van der Waals surface area (Å²) < 4.78 is 8.35. The molecule has 0 saturated carbocycles. The molecule has 5 rings (SSSR count). The third-order valence-electron chi connectivity index (χ3n) is 4.38. The number of amides is 1. The van der Waals surface area contributed by atoms with Crippen molar-refractivity contribution in [2.45, 2.75) is 5.37 Å². The van der Waals surface area contributed by atoms with E-state index in [4.69, 9.17) is 9.84 Å². The summed E-state index contributed by atoms with van der Waals surface area (Å²) in [6.07, 6.45) is 3.61. The number of nitrogens with zero attached hydrogens (tertiary/aromatic N) is 3. The number of benzene rings is 1. The van der Waals surface area contributed by atoms with E-state index in [1.165, 1.54) is 22.1 Å². The van der Waals surface area contributed by atoms with E-state index in [2.05, 4.69) is 4.98 Å². The number of thiazole rings is 1. The molecule has 0 aliphatic carbocycles. The second-order valence-electron chi connectivity index (χ2n) is 5.83. The highest BCUT2D eigenvalue weighted by atomic mass is 32.2. The summed E-state index contributed by atoms with van der Waals surface area (Å²) in [7, 11) is 1.63. The van der Waals surface area contributed by atoms with Crippen LogP contribution in [0.3, 0.4) is 0 Å². The van der Waals surface area contributed by atoms with Crippen molar-refractivity contribution in [1.82, 2.24) is 14.3 Å². The number of carboxylic acids is 1. The van der Waals surface area contributed by atoms with Crippen LogP contribution in [-0.2, 0) is 9.59 Å². The first-order valence-electron chi connectivity index (χ1n) is 7.66. The molecule has 1 saturated heterocycles. The number of methoxy groups -OCH3 is 1. The Morgan fingerprint density at radius 1 is 1.42 bits per heavy atom. The fourth-order valence-electron chi connectivity index (χ4n) is 3.12. The summed E-state index contributed by atoms with van der Waals surface area (Å²) in [4.78, 5) is 30.2. The number of carboxylic acid groups (broad SMARTS) is 1. The summed E-state index contributed by atoms with van der Waals surface area (Å²) in [5, 5.41) is 10.4. The van der Waals surface area contributed by atoms with Crippen molar-refractivity contribution < 1.29 is 19.4 Å². The molecule has 3 aromatic rings. The molecule has 2 aliphatic rings. The van der Waals surface area contributed by atoms with Crippen LogP contribution in [0, 0.1) is 0 Å². The van der Waals surface area contributed by atoms with E-state index >= 15 is 0 Å². The third kappa shape index (κ3) is 2.04. The smallest absolute Gasteiger partial charge is 0.353 e. The van der Waals surface area contributed by atoms with Crippen LogP contribution in [0.5, 0.6) is 5.75 Å². The minimum Gasteiger partial charge on any atom is -0.497 e. The Labute approximate surface area is 155 Å². The van der Waals surface area contributed by atoms with Gasteiger partial charge in [0.15, 0.2) is 4.96 Å². The number of aromatic nitrogens is 2. The maximum Gasteiger partial charge on any atom is 0.353 e. The molecule has 1 N–H and O–H groups in total. The summed E-state index contributed by atoms with van der Waals surface area (Å²) >= 11 is 2.88. The molecule has 2 aliphatic heterocycles. The van der Waals surface area contributed by atoms with Gasteiger partial charge in [-0.3, -0.25) is 14.1 Å². The van der Waals surface area contributed by atoms with Gasteiger partial charge in [0.1, 0.15) is 16.8 Å². The normalized spacial score (nSPS) is 20.6. The van der Waals surface area contributed by atoms with Crippen LogP contribution in [-0.4, -0.2) is 43.8 Å². The molecule has 0 spiro atoms. The molecular formula is C17H11N3O4S2. The Morgan fingerprint density at radius 2 is 2.27 bits per heavy atom. The monoisotopic (exact) mass is 385 g/mol. The molecule has 2 aromatic heterocycles. The van der Waals surface area contributed by atoms with Crippen molar-refractivity contribution in [3.05, 3.63) is 46.8 Å². The molecule has 0 bridgehead atoms. The number of thioether (sulfide) groups is 1. The lowest BCUT2D eigenvalue weighted by Crippen LogP contribution is -2.51. The SMILES string of the molecule is COc1ccc2sc3nc(C=C4C(=O)N5C(C(=O)O)=CS[C@H]45)cn3c2c1. The van der Waals surface area contributed by atoms with E-state index in [0.29, 0.717) is 11.3 Å². The molecular weight excluding hydrogens is 374 g/mol. The second kappa shape index (κ2) is 5.36. The van der Waals surface area contributed by atoms with Gasteiger partial charge in [0.05, 0.1) is 28.6 Å². The van der Waals surface area contributed by atoms with Gasteiger partial charge < -0.3 is 9.84 Å². The number of carbonyl (C=O) groups excluding carboxylic acids is 1. The molecule has 1 amide bonds. The highest BCUT2D eigenvalue weighted by molar-refractivity contribution is 8.03. The summed E-state index contributed by atoms with van der Waals surface area (Å²) in [6.45, 7) is 0. The van der Waals surface area contributed by atoms with Crippen molar-refractivity contribution >= 4 is 56.2 Å². The highest BCUT2D eigenvalue weighted by Crippen LogP contribution is 2.45.